The number of H-pyrrole nitrogens is 1. The molecule has 0 saturated carbocycles. The van der Waals surface area contributed by atoms with Gasteiger partial charge in [0.25, 0.3) is 5.56 Å². The number of nitrogens with zero attached hydrogens (tertiary/aromatic N) is 4. The van der Waals surface area contributed by atoms with Crippen molar-refractivity contribution in [3.8, 4) is 6.07 Å². The first-order valence-electron chi connectivity index (χ1n) is 6.51. The first-order valence-corrected chi connectivity index (χ1v) is 6.51. The lowest BCUT2D eigenvalue weighted by molar-refractivity contribution is 0.314. The Labute approximate surface area is 124 Å². The topological polar surface area (TPSA) is 120 Å². The van der Waals surface area contributed by atoms with E-state index in [1.165, 1.54) is 0 Å². The van der Waals surface area contributed by atoms with E-state index in [9.17, 15) is 4.79 Å². The Morgan fingerprint density at radius 1 is 1.27 bits per heavy atom. The number of nitrogens with one attached hydrogen (secondary N) is 2. The summed E-state index contributed by atoms with van der Waals surface area (Å²) in [4.78, 5) is 18.4. The highest BCUT2D eigenvalue weighted by atomic mass is 16.6. The molecule has 0 aliphatic heterocycles. The van der Waals surface area contributed by atoms with Crippen LogP contribution in [0, 0.1) is 11.3 Å². The molecular formula is C14H12N6O2. The molecule has 2 N–H and O–H groups in total. The van der Waals surface area contributed by atoms with Gasteiger partial charge in [-0.3, -0.25) is 9.78 Å². The van der Waals surface area contributed by atoms with Crippen molar-refractivity contribution in [3.63, 3.8) is 0 Å². The molecule has 8 nitrogen and oxygen atoms in total. The number of fused-ring (bicyclic) bond motifs is 1. The highest BCUT2D eigenvalue weighted by Crippen LogP contribution is 2.24. The van der Waals surface area contributed by atoms with Crippen LogP contribution in [0.25, 0.3) is 11.3 Å². The molecule has 0 atom stereocenters. The van der Waals surface area contributed by atoms with Gasteiger partial charge < -0.3 is 5.32 Å². The average Bonchev–Trinajstić information content (AvgIpc) is 2.95. The third kappa shape index (κ3) is 2.40. The molecule has 0 aliphatic carbocycles. The van der Waals surface area contributed by atoms with E-state index < -0.39 is 11.0 Å². The van der Waals surface area contributed by atoms with Crippen molar-refractivity contribution in [2.75, 3.05) is 5.32 Å². The Morgan fingerprint density at radius 3 is 2.68 bits per heavy atom. The Balaban J connectivity index is 1.90. The summed E-state index contributed by atoms with van der Waals surface area (Å²) in [6.45, 7) is 3.68. The summed E-state index contributed by atoms with van der Waals surface area (Å²) in [5.41, 5.74) is 0.972. The van der Waals surface area contributed by atoms with Gasteiger partial charge in [-0.15, -0.1) is 0 Å². The van der Waals surface area contributed by atoms with Crippen LogP contribution < -0.4 is 10.9 Å². The van der Waals surface area contributed by atoms with Crippen LogP contribution in [0.4, 0.5) is 11.5 Å². The van der Waals surface area contributed by atoms with E-state index in [1.807, 2.05) is 26.0 Å². The predicted molar refractivity (Wildman–Crippen MR) is 78.6 cm³/mol. The number of rotatable bonds is 3. The van der Waals surface area contributed by atoms with Crippen molar-refractivity contribution < 1.29 is 4.63 Å². The van der Waals surface area contributed by atoms with E-state index in [2.05, 4.69) is 36.3 Å². The predicted octanol–water partition coefficient (Wildman–Crippen LogP) is 1.85. The molecule has 3 rings (SSSR count). The Bertz CT molecular complexity index is 917. The van der Waals surface area contributed by atoms with Crippen LogP contribution in [0.5, 0.6) is 0 Å². The van der Waals surface area contributed by atoms with Crippen molar-refractivity contribution in [2.45, 2.75) is 19.3 Å². The zero-order valence-corrected chi connectivity index (χ0v) is 11.9. The lowest BCUT2D eigenvalue weighted by Gasteiger charge is -2.16. The van der Waals surface area contributed by atoms with Crippen molar-refractivity contribution in [1.82, 2.24) is 20.3 Å². The molecule has 0 spiro atoms. The molecule has 2 aromatic heterocycles. The largest absolute Gasteiger partial charge is 0.336 e. The second-order valence-electron chi connectivity index (χ2n) is 5.29. The van der Waals surface area contributed by atoms with Crippen molar-refractivity contribution >= 4 is 22.8 Å². The van der Waals surface area contributed by atoms with Crippen molar-refractivity contribution in [2.24, 2.45) is 0 Å². The van der Waals surface area contributed by atoms with Crippen molar-refractivity contribution in [3.05, 3.63) is 40.2 Å². The molecule has 0 radical (unpaired) electrons. The smallest absolute Gasteiger partial charge is 0.292 e. The fraction of sp³-hybridized carbons (Fsp3) is 0.214. The van der Waals surface area contributed by atoms with Crippen LogP contribution in [0.15, 0.2) is 33.7 Å². The molecule has 0 aliphatic rings. The number of nitriles is 1. The number of anilines is 2. The fourth-order valence-corrected chi connectivity index (χ4v) is 1.92. The molecule has 8 heteroatoms. The number of hydrogen-bond acceptors (Lipinski definition) is 7. The molecule has 0 amide bonds. The number of aromatic amines is 1. The van der Waals surface area contributed by atoms with E-state index in [0.29, 0.717) is 5.69 Å². The summed E-state index contributed by atoms with van der Waals surface area (Å²) in [5, 5.41) is 19.1. The van der Waals surface area contributed by atoms with Gasteiger partial charge in [-0.2, -0.15) is 10.2 Å². The van der Waals surface area contributed by atoms with E-state index in [4.69, 9.17) is 5.26 Å². The summed E-state index contributed by atoms with van der Waals surface area (Å²) in [7, 11) is 0. The first kappa shape index (κ1) is 13.8. The van der Waals surface area contributed by atoms with Gasteiger partial charge in [-0.1, -0.05) is 12.1 Å². The monoisotopic (exact) mass is 296 g/mol. The molecule has 0 bridgehead atoms. The van der Waals surface area contributed by atoms with Crippen LogP contribution in [-0.4, -0.2) is 20.3 Å². The summed E-state index contributed by atoms with van der Waals surface area (Å²) in [5.74, 6) is 0.0930. The van der Waals surface area contributed by atoms with Crippen LogP contribution in [-0.2, 0) is 5.41 Å². The molecule has 22 heavy (non-hydrogen) atoms. The lowest BCUT2D eigenvalue weighted by Crippen LogP contribution is -2.15. The normalized spacial score (nSPS) is 11.3. The molecular weight excluding hydrogens is 284 g/mol. The highest BCUT2D eigenvalue weighted by molar-refractivity contribution is 5.67. The number of aromatic nitrogens is 4. The van der Waals surface area contributed by atoms with Gasteiger partial charge in [0.15, 0.2) is 5.82 Å². The van der Waals surface area contributed by atoms with Gasteiger partial charge >= 0.3 is 0 Å². The Hall–Kier alpha value is -3.21. The summed E-state index contributed by atoms with van der Waals surface area (Å²) >= 11 is 0. The average molecular weight is 296 g/mol. The van der Waals surface area contributed by atoms with Crippen LogP contribution in [0.3, 0.4) is 0 Å². The van der Waals surface area contributed by atoms with Crippen LogP contribution >= 0.6 is 0 Å². The maximum absolute atomic E-state index is 11.9. The molecule has 1 aromatic carbocycles. The molecule has 0 fully saturated rings. The maximum Gasteiger partial charge on any atom is 0.292 e. The third-order valence-electron chi connectivity index (χ3n) is 3.28. The minimum absolute atomic E-state index is 0.0930. The SMILES string of the molecule is CC(C)(C#N)c1ccc(Nc2nc3nonc3[nH]c2=O)cc1. The van der Waals surface area contributed by atoms with Crippen LogP contribution in [0.2, 0.25) is 0 Å². The Kier molecular flexibility index (Phi) is 3.10. The third-order valence-corrected chi connectivity index (χ3v) is 3.28. The summed E-state index contributed by atoms with van der Waals surface area (Å²) in [6, 6.07) is 9.46. The zero-order valence-electron chi connectivity index (χ0n) is 11.9. The molecule has 0 saturated heterocycles. The molecule has 2 heterocycles. The minimum atomic E-state index is -0.570. The molecule has 3 aromatic rings. The zero-order chi connectivity index (χ0) is 15.7. The molecule has 110 valence electrons. The van der Waals surface area contributed by atoms with Gasteiger partial charge in [-0.05, 0) is 41.9 Å². The van der Waals surface area contributed by atoms with E-state index >= 15 is 0 Å². The second kappa shape index (κ2) is 4.96. The van der Waals surface area contributed by atoms with Gasteiger partial charge in [0.05, 0.1) is 11.5 Å². The molecule has 0 unspecified atom stereocenters. The minimum Gasteiger partial charge on any atom is -0.336 e. The second-order valence-corrected chi connectivity index (χ2v) is 5.29. The standard InChI is InChI=1S/C14H12N6O2/c1-14(2,7-15)8-3-5-9(6-4-8)16-12-13(21)18-11-10(17-12)19-22-20-11/h3-6H,1-2H3,(H,16,17,19)(H,18,20,21). The first-order chi connectivity index (χ1) is 10.5. The van der Waals surface area contributed by atoms with Gasteiger partial charge in [0, 0.05) is 5.69 Å². The van der Waals surface area contributed by atoms with E-state index in [0.717, 1.165) is 5.56 Å². The van der Waals surface area contributed by atoms with E-state index in [1.54, 1.807) is 12.1 Å². The fourth-order valence-electron chi connectivity index (χ4n) is 1.92. The summed E-state index contributed by atoms with van der Waals surface area (Å²) in [6.07, 6.45) is 0. The van der Waals surface area contributed by atoms with Crippen molar-refractivity contribution in [1.29, 1.82) is 5.26 Å². The number of benzene rings is 1. The summed E-state index contributed by atoms with van der Waals surface area (Å²) < 4.78 is 4.50. The number of hydrogen-bond donors (Lipinski definition) is 2. The van der Waals surface area contributed by atoms with Gasteiger partial charge in [0.1, 0.15) is 0 Å². The lowest BCUT2D eigenvalue weighted by atomic mass is 9.86. The van der Waals surface area contributed by atoms with E-state index in [-0.39, 0.29) is 17.1 Å². The highest BCUT2D eigenvalue weighted by Gasteiger charge is 2.19. The van der Waals surface area contributed by atoms with Gasteiger partial charge in [0.2, 0.25) is 11.3 Å². The maximum atomic E-state index is 11.9. The Morgan fingerprint density at radius 2 is 2.00 bits per heavy atom. The van der Waals surface area contributed by atoms with Gasteiger partial charge in [-0.25, -0.2) is 4.63 Å². The quantitative estimate of drug-likeness (QED) is 0.756. The van der Waals surface area contributed by atoms with Crippen LogP contribution in [0.1, 0.15) is 19.4 Å².